The fourth-order valence-electron chi connectivity index (χ4n) is 1.35. The Bertz CT molecular complexity index is 450. The van der Waals surface area contributed by atoms with E-state index in [9.17, 15) is 0 Å². The summed E-state index contributed by atoms with van der Waals surface area (Å²) in [7, 11) is 1.65. The number of hydrogen-bond acceptors (Lipinski definition) is 2. The number of methoxy groups -OCH3 is 1. The van der Waals surface area contributed by atoms with Crippen LogP contribution in [-0.4, -0.2) is 17.3 Å². The van der Waals surface area contributed by atoms with E-state index in [0.29, 0.717) is 0 Å². The summed E-state index contributed by atoms with van der Waals surface area (Å²) in [4.78, 5) is 0. The lowest BCUT2D eigenvalue weighted by atomic mass is 10.2. The first-order valence-electron chi connectivity index (χ1n) is 3.91. The quantitative estimate of drug-likeness (QED) is 0.833. The number of ether oxygens (including phenoxy) is 1. The van der Waals surface area contributed by atoms with Gasteiger partial charge in [0, 0.05) is 11.1 Å². The molecule has 68 valence electrons. The van der Waals surface area contributed by atoms with Crippen molar-refractivity contribution in [2.75, 3.05) is 7.11 Å². The fraction of sp³-hybridized carbons (Fsp3) is 0.222. The van der Waals surface area contributed by atoms with Crippen LogP contribution in [0.15, 0.2) is 16.6 Å². The molecule has 0 atom stereocenters. The molecule has 4 heteroatoms. The summed E-state index contributed by atoms with van der Waals surface area (Å²) in [6, 6.07) is 3.83. The molecule has 0 aliphatic heterocycles. The third kappa shape index (κ3) is 1.21. The molecule has 0 aliphatic carbocycles. The molecule has 0 bridgehead atoms. The number of halogens is 1. The third-order valence-electron chi connectivity index (χ3n) is 2.02. The molecule has 2 rings (SSSR count). The van der Waals surface area contributed by atoms with Gasteiger partial charge in [-0.15, -0.1) is 0 Å². The second-order valence-corrected chi connectivity index (χ2v) is 3.62. The van der Waals surface area contributed by atoms with Crippen molar-refractivity contribution in [1.29, 1.82) is 0 Å². The number of aromatic amines is 1. The molecule has 0 unspecified atom stereocenters. The summed E-state index contributed by atoms with van der Waals surface area (Å²) in [6.45, 7) is 1.99. The number of nitrogens with one attached hydrogen (secondary N) is 1. The Morgan fingerprint density at radius 3 is 2.92 bits per heavy atom. The van der Waals surface area contributed by atoms with Gasteiger partial charge in [-0.05, 0) is 35.0 Å². The van der Waals surface area contributed by atoms with Crippen LogP contribution in [0.25, 0.3) is 10.9 Å². The van der Waals surface area contributed by atoms with Crippen LogP contribution in [-0.2, 0) is 0 Å². The van der Waals surface area contributed by atoms with E-state index in [1.54, 1.807) is 7.11 Å². The van der Waals surface area contributed by atoms with Crippen LogP contribution in [0.5, 0.6) is 5.75 Å². The highest BCUT2D eigenvalue weighted by atomic mass is 79.9. The summed E-state index contributed by atoms with van der Waals surface area (Å²) >= 11 is 3.49. The van der Waals surface area contributed by atoms with Crippen molar-refractivity contribution in [1.82, 2.24) is 10.2 Å². The summed E-state index contributed by atoms with van der Waals surface area (Å²) < 4.78 is 6.15. The van der Waals surface area contributed by atoms with Gasteiger partial charge in [0.05, 0.1) is 17.1 Å². The molecule has 0 aliphatic rings. The van der Waals surface area contributed by atoms with E-state index in [1.807, 2.05) is 19.1 Å². The van der Waals surface area contributed by atoms with Crippen molar-refractivity contribution in [2.24, 2.45) is 0 Å². The lowest BCUT2D eigenvalue weighted by Gasteiger charge is -2.03. The standard InChI is InChI=1S/C9H9BrN2O/c1-5-8-6(12-11-5)3-4-7(13-2)9(8)10/h3-4H,1-2H3,(H,11,12). The molecule has 1 aromatic heterocycles. The zero-order chi connectivity index (χ0) is 9.42. The molecule has 1 aromatic carbocycles. The van der Waals surface area contributed by atoms with Crippen LogP contribution < -0.4 is 4.74 Å². The molecular formula is C9H9BrN2O. The van der Waals surface area contributed by atoms with Gasteiger partial charge in [0.15, 0.2) is 0 Å². The lowest BCUT2D eigenvalue weighted by Crippen LogP contribution is -1.84. The van der Waals surface area contributed by atoms with E-state index in [4.69, 9.17) is 4.74 Å². The monoisotopic (exact) mass is 240 g/mol. The Morgan fingerprint density at radius 1 is 1.46 bits per heavy atom. The number of hydrogen-bond donors (Lipinski definition) is 1. The third-order valence-corrected chi connectivity index (χ3v) is 2.81. The number of H-pyrrole nitrogens is 1. The number of nitrogens with zero attached hydrogens (tertiary/aromatic N) is 1. The van der Waals surface area contributed by atoms with E-state index < -0.39 is 0 Å². The molecule has 0 spiro atoms. The number of aromatic nitrogens is 2. The number of fused-ring (bicyclic) bond motifs is 1. The summed E-state index contributed by atoms with van der Waals surface area (Å²) in [5.74, 6) is 0.831. The number of rotatable bonds is 1. The highest BCUT2D eigenvalue weighted by molar-refractivity contribution is 9.10. The second kappa shape index (κ2) is 3.03. The maximum atomic E-state index is 5.19. The topological polar surface area (TPSA) is 37.9 Å². The minimum atomic E-state index is 0.831. The van der Waals surface area contributed by atoms with E-state index in [1.165, 1.54) is 0 Å². The SMILES string of the molecule is COc1ccc2n[nH]c(C)c2c1Br. The van der Waals surface area contributed by atoms with Crippen LogP contribution in [0, 0.1) is 6.92 Å². The predicted molar refractivity (Wildman–Crippen MR) is 55.1 cm³/mol. The average Bonchev–Trinajstić information content (AvgIpc) is 2.49. The lowest BCUT2D eigenvalue weighted by molar-refractivity contribution is 0.413. The Balaban J connectivity index is 2.83. The molecule has 1 heterocycles. The van der Waals surface area contributed by atoms with Crippen molar-refractivity contribution in [3.05, 3.63) is 22.3 Å². The van der Waals surface area contributed by atoms with Crippen molar-refractivity contribution in [3.63, 3.8) is 0 Å². The van der Waals surface area contributed by atoms with Crippen LogP contribution in [0.4, 0.5) is 0 Å². The molecule has 13 heavy (non-hydrogen) atoms. The molecule has 0 fully saturated rings. The summed E-state index contributed by atoms with van der Waals surface area (Å²) in [5, 5.41) is 8.16. The Hall–Kier alpha value is -1.03. The Morgan fingerprint density at radius 2 is 2.23 bits per heavy atom. The van der Waals surface area contributed by atoms with Gasteiger partial charge in [-0.25, -0.2) is 0 Å². The van der Waals surface area contributed by atoms with Crippen molar-refractivity contribution in [2.45, 2.75) is 6.92 Å². The van der Waals surface area contributed by atoms with Gasteiger partial charge in [-0.3, -0.25) is 5.10 Å². The molecule has 0 saturated heterocycles. The largest absolute Gasteiger partial charge is 0.496 e. The molecule has 2 aromatic rings. The van der Waals surface area contributed by atoms with E-state index in [2.05, 4.69) is 26.1 Å². The predicted octanol–water partition coefficient (Wildman–Crippen LogP) is 2.64. The molecule has 0 saturated carbocycles. The van der Waals surface area contributed by atoms with Gasteiger partial charge < -0.3 is 4.74 Å². The van der Waals surface area contributed by atoms with Crippen LogP contribution in [0.3, 0.4) is 0 Å². The maximum absolute atomic E-state index is 5.19. The van der Waals surface area contributed by atoms with Gasteiger partial charge in [0.25, 0.3) is 0 Å². The first-order valence-corrected chi connectivity index (χ1v) is 4.70. The molecule has 0 radical (unpaired) electrons. The van der Waals surface area contributed by atoms with Crippen LogP contribution in [0.2, 0.25) is 0 Å². The van der Waals surface area contributed by atoms with Gasteiger partial charge in [-0.1, -0.05) is 0 Å². The van der Waals surface area contributed by atoms with Crippen molar-refractivity contribution >= 4 is 26.8 Å². The van der Waals surface area contributed by atoms with E-state index in [-0.39, 0.29) is 0 Å². The Labute approximate surface area is 84.2 Å². The van der Waals surface area contributed by atoms with Crippen molar-refractivity contribution < 1.29 is 4.74 Å². The number of benzene rings is 1. The fourth-order valence-corrected chi connectivity index (χ4v) is 2.15. The smallest absolute Gasteiger partial charge is 0.133 e. The van der Waals surface area contributed by atoms with Gasteiger partial charge in [0.1, 0.15) is 5.75 Å². The van der Waals surface area contributed by atoms with Gasteiger partial charge in [-0.2, -0.15) is 5.10 Å². The minimum absolute atomic E-state index is 0.831. The minimum Gasteiger partial charge on any atom is -0.496 e. The molecule has 0 amide bonds. The molecular weight excluding hydrogens is 232 g/mol. The highest BCUT2D eigenvalue weighted by Gasteiger charge is 2.09. The molecule has 3 nitrogen and oxygen atoms in total. The zero-order valence-electron chi connectivity index (χ0n) is 7.39. The molecule has 1 N–H and O–H groups in total. The zero-order valence-corrected chi connectivity index (χ0v) is 8.97. The summed E-state index contributed by atoms with van der Waals surface area (Å²) in [5.41, 5.74) is 1.99. The Kier molecular flexibility index (Phi) is 2.00. The van der Waals surface area contributed by atoms with Crippen molar-refractivity contribution in [3.8, 4) is 5.75 Å². The van der Waals surface area contributed by atoms with E-state index >= 15 is 0 Å². The van der Waals surface area contributed by atoms with Crippen LogP contribution in [0.1, 0.15) is 5.69 Å². The van der Waals surface area contributed by atoms with Crippen LogP contribution >= 0.6 is 15.9 Å². The first kappa shape index (κ1) is 8.56. The first-order chi connectivity index (χ1) is 6.24. The number of aryl methyl sites for hydroxylation is 1. The normalized spacial score (nSPS) is 10.7. The van der Waals surface area contributed by atoms with E-state index in [0.717, 1.165) is 26.8 Å². The van der Waals surface area contributed by atoms with Gasteiger partial charge in [0.2, 0.25) is 0 Å². The highest BCUT2D eigenvalue weighted by Crippen LogP contribution is 2.33. The second-order valence-electron chi connectivity index (χ2n) is 2.82. The average molecular weight is 241 g/mol. The summed E-state index contributed by atoms with van der Waals surface area (Å²) in [6.07, 6.45) is 0. The maximum Gasteiger partial charge on any atom is 0.133 e. The van der Waals surface area contributed by atoms with Gasteiger partial charge >= 0.3 is 0 Å².